The molecule has 2 aromatic rings. The molecule has 0 radical (unpaired) electrons. The number of carbonyl (C=O) groups is 2. The quantitative estimate of drug-likeness (QED) is 0.891. The van der Waals surface area contributed by atoms with Gasteiger partial charge in [0.05, 0.1) is 0 Å². The van der Waals surface area contributed by atoms with Gasteiger partial charge in [-0.15, -0.1) is 0 Å². The van der Waals surface area contributed by atoms with Crippen molar-refractivity contribution in [1.82, 2.24) is 10.2 Å². The molecule has 2 aromatic carbocycles. The Morgan fingerprint density at radius 2 is 1.82 bits per heavy atom. The molecule has 2 amide bonds. The second-order valence-electron chi connectivity index (χ2n) is 7.81. The van der Waals surface area contributed by atoms with Gasteiger partial charge in [-0.3, -0.25) is 14.5 Å². The summed E-state index contributed by atoms with van der Waals surface area (Å²) in [4.78, 5) is 28.8. The second-order valence-corrected chi connectivity index (χ2v) is 7.81. The molecule has 2 aliphatic rings. The lowest BCUT2D eigenvalue weighted by atomic mass is 9.98. The Morgan fingerprint density at radius 3 is 2.57 bits per heavy atom. The minimum atomic E-state index is -0.0456. The molecule has 5 heteroatoms. The van der Waals surface area contributed by atoms with Gasteiger partial charge in [0.15, 0.2) is 0 Å². The van der Waals surface area contributed by atoms with Crippen LogP contribution in [-0.2, 0) is 17.8 Å². The van der Waals surface area contributed by atoms with Gasteiger partial charge in [-0.2, -0.15) is 0 Å². The summed E-state index contributed by atoms with van der Waals surface area (Å²) in [6.07, 6.45) is 3.21. The normalized spacial score (nSPS) is 18.0. The predicted molar refractivity (Wildman–Crippen MR) is 110 cm³/mol. The number of aryl methyl sites for hydroxylation is 1. The first-order valence-electron chi connectivity index (χ1n) is 10.1. The van der Waals surface area contributed by atoms with Gasteiger partial charge in [-0.25, -0.2) is 0 Å². The highest BCUT2D eigenvalue weighted by atomic mass is 16.2. The molecule has 0 atom stereocenters. The molecule has 0 unspecified atom stereocenters. The Morgan fingerprint density at radius 1 is 1.07 bits per heavy atom. The van der Waals surface area contributed by atoms with E-state index in [1.807, 2.05) is 24.3 Å². The molecule has 1 saturated heterocycles. The Hall–Kier alpha value is -2.66. The van der Waals surface area contributed by atoms with Crippen molar-refractivity contribution in [2.75, 3.05) is 25.0 Å². The highest BCUT2D eigenvalue weighted by Gasteiger charge is 2.24. The highest BCUT2D eigenvalue weighted by molar-refractivity contribution is 6.00. The Bertz CT molecular complexity index is 857. The summed E-state index contributed by atoms with van der Waals surface area (Å²) < 4.78 is 0. The van der Waals surface area contributed by atoms with E-state index in [4.69, 9.17) is 0 Å². The fraction of sp³-hybridized carbons (Fsp3) is 0.391. The second kappa shape index (κ2) is 8.15. The minimum absolute atomic E-state index is 0.0456. The van der Waals surface area contributed by atoms with Gasteiger partial charge in [-0.1, -0.05) is 36.4 Å². The maximum absolute atomic E-state index is 12.7. The van der Waals surface area contributed by atoms with Crippen LogP contribution in [0.1, 0.15) is 40.7 Å². The maximum Gasteiger partial charge on any atom is 0.251 e. The molecule has 1 fully saturated rings. The number of likely N-dealkylation sites (tertiary alicyclic amines) is 1. The van der Waals surface area contributed by atoms with Crippen molar-refractivity contribution >= 4 is 17.5 Å². The number of fused-ring (bicyclic) bond motifs is 1. The fourth-order valence-corrected chi connectivity index (χ4v) is 4.12. The molecule has 0 aliphatic carbocycles. The minimum Gasteiger partial charge on any atom is -0.349 e. The summed E-state index contributed by atoms with van der Waals surface area (Å²) in [5, 5.41) is 3.18. The third kappa shape index (κ3) is 4.09. The molecule has 1 N–H and O–H groups in total. The van der Waals surface area contributed by atoms with Gasteiger partial charge in [0.1, 0.15) is 0 Å². The van der Waals surface area contributed by atoms with Crippen molar-refractivity contribution in [3.8, 4) is 0 Å². The van der Waals surface area contributed by atoms with Crippen LogP contribution in [0.4, 0.5) is 5.69 Å². The van der Waals surface area contributed by atoms with Gasteiger partial charge in [0, 0.05) is 50.4 Å². The van der Waals surface area contributed by atoms with Crippen LogP contribution < -0.4 is 10.2 Å². The van der Waals surface area contributed by atoms with Crippen molar-refractivity contribution in [3.63, 3.8) is 0 Å². The summed E-state index contributed by atoms with van der Waals surface area (Å²) in [5.41, 5.74) is 3.96. The topological polar surface area (TPSA) is 52.7 Å². The monoisotopic (exact) mass is 377 g/mol. The van der Waals surface area contributed by atoms with E-state index in [9.17, 15) is 9.59 Å². The van der Waals surface area contributed by atoms with Crippen LogP contribution in [0.15, 0.2) is 48.5 Å². The molecule has 0 spiro atoms. The van der Waals surface area contributed by atoms with Crippen LogP contribution >= 0.6 is 0 Å². The van der Waals surface area contributed by atoms with Gasteiger partial charge in [0.25, 0.3) is 5.91 Å². The van der Waals surface area contributed by atoms with Gasteiger partial charge in [-0.05, 0) is 42.5 Å². The van der Waals surface area contributed by atoms with Crippen LogP contribution in [0.2, 0.25) is 0 Å². The Labute approximate surface area is 166 Å². The lowest BCUT2D eigenvalue weighted by Gasteiger charge is -2.32. The molecule has 0 bridgehead atoms. The molecule has 28 heavy (non-hydrogen) atoms. The van der Waals surface area contributed by atoms with Crippen LogP contribution in [0.5, 0.6) is 0 Å². The predicted octanol–water partition coefficient (Wildman–Crippen LogP) is 2.99. The van der Waals surface area contributed by atoms with E-state index in [1.165, 1.54) is 5.56 Å². The van der Waals surface area contributed by atoms with Crippen molar-refractivity contribution < 1.29 is 9.59 Å². The van der Waals surface area contributed by atoms with Gasteiger partial charge in [0.2, 0.25) is 5.91 Å². The average molecular weight is 377 g/mol. The first kappa shape index (κ1) is 18.7. The van der Waals surface area contributed by atoms with Crippen molar-refractivity contribution in [3.05, 3.63) is 65.2 Å². The van der Waals surface area contributed by atoms with E-state index >= 15 is 0 Å². The molecule has 146 valence electrons. The van der Waals surface area contributed by atoms with Crippen molar-refractivity contribution in [2.45, 2.75) is 38.3 Å². The summed E-state index contributed by atoms with van der Waals surface area (Å²) in [5.74, 6) is 0.0616. The number of nitrogens with zero attached hydrogens (tertiary/aromatic N) is 2. The fourth-order valence-electron chi connectivity index (χ4n) is 4.12. The number of hydrogen-bond acceptors (Lipinski definition) is 3. The number of nitrogens with one attached hydrogen (secondary N) is 1. The van der Waals surface area contributed by atoms with Crippen LogP contribution in [-0.4, -0.2) is 42.9 Å². The molecule has 0 saturated carbocycles. The van der Waals surface area contributed by atoms with E-state index in [0.717, 1.165) is 50.1 Å². The van der Waals surface area contributed by atoms with Crippen LogP contribution in [0.25, 0.3) is 0 Å². The van der Waals surface area contributed by atoms with Crippen molar-refractivity contribution in [2.24, 2.45) is 0 Å². The number of rotatable bonds is 4. The van der Waals surface area contributed by atoms with Crippen molar-refractivity contribution in [1.29, 1.82) is 0 Å². The lowest BCUT2D eigenvalue weighted by molar-refractivity contribution is -0.118. The van der Waals surface area contributed by atoms with E-state index in [1.54, 1.807) is 11.9 Å². The number of piperidine rings is 1. The number of hydrogen-bond donors (Lipinski definition) is 1. The van der Waals surface area contributed by atoms with Crippen LogP contribution in [0, 0.1) is 0 Å². The smallest absolute Gasteiger partial charge is 0.251 e. The zero-order chi connectivity index (χ0) is 19.5. The molecule has 4 rings (SSSR count). The summed E-state index contributed by atoms with van der Waals surface area (Å²) >= 11 is 0. The summed E-state index contributed by atoms with van der Waals surface area (Å²) in [6.45, 7) is 2.94. The first-order valence-corrected chi connectivity index (χ1v) is 10.1. The number of anilines is 1. The van der Waals surface area contributed by atoms with E-state index < -0.39 is 0 Å². The zero-order valence-corrected chi connectivity index (χ0v) is 16.4. The maximum atomic E-state index is 12.7. The van der Waals surface area contributed by atoms with Crippen LogP contribution in [0.3, 0.4) is 0 Å². The highest BCUT2D eigenvalue weighted by Crippen LogP contribution is 2.28. The molecular weight excluding hydrogens is 350 g/mol. The lowest BCUT2D eigenvalue weighted by Crippen LogP contribution is -2.44. The molecular formula is C23H27N3O2. The third-order valence-electron chi connectivity index (χ3n) is 5.86. The van der Waals surface area contributed by atoms with E-state index in [0.29, 0.717) is 12.0 Å². The first-order chi connectivity index (χ1) is 13.6. The molecule has 0 aromatic heterocycles. The zero-order valence-electron chi connectivity index (χ0n) is 16.4. The Balaban J connectivity index is 1.33. The molecule has 5 nitrogen and oxygen atoms in total. The Kier molecular flexibility index (Phi) is 5.44. The largest absolute Gasteiger partial charge is 0.349 e. The average Bonchev–Trinajstić information content (AvgIpc) is 2.73. The standard InChI is InChI=1S/C23H27N3O2/c1-25-21-15-19(8-7-18(21)9-10-22(25)27)23(28)24-20-11-13-26(14-12-20)16-17-5-3-2-4-6-17/h2-8,15,20H,9-14,16H2,1H3,(H,24,28). The summed E-state index contributed by atoms with van der Waals surface area (Å²) in [7, 11) is 1.78. The SMILES string of the molecule is CN1C(=O)CCc2ccc(C(=O)NC3CCN(Cc4ccccc4)CC3)cc21. The van der Waals surface area contributed by atoms with E-state index in [-0.39, 0.29) is 17.9 Å². The van der Waals surface area contributed by atoms with E-state index in [2.05, 4.69) is 34.5 Å². The van der Waals surface area contributed by atoms with Gasteiger partial charge >= 0.3 is 0 Å². The number of benzene rings is 2. The third-order valence-corrected chi connectivity index (χ3v) is 5.86. The molecule has 2 aliphatic heterocycles. The van der Waals surface area contributed by atoms with Gasteiger partial charge < -0.3 is 10.2 Å². The summed E-state index contributed by atoms with van der Waals surface area (Å²) in [6, 6.07) is 16.4. The number of amides is 2. The number of carbonyl (C=O) groups excluding carboxylic acids is 2. The molecule has 2 heterocycles.